The van der Waals surface area contributed by atoms with Crippen molar-refractivity contribution in [3.8, 4) is 0 Å². The molecule has 2 heteroatoms. The van der Waals surface area contributed by atoms with E-state index in [0.717, 1.165) is 25.9 Å². The molecule has 0 N–H and O–H groups in total. The number of rotatable bonds is 10. The molecule has 0 spiro atoms. The number of ketones is 1. The van der Waals surface area contributed by atoms with E-state index in [0.29, 0.717) is 12.3 Å². The minimum atomic E-state index is 0.198. The minimum Gasteiger partial charge on any atom is -0.298 e. The first-order chi connectivity index (χ1) is 11.5. The summed E-state index contributed by atoms with van der Waals surface area (Å²) < 4.78 is 0. The van der Waals surface area contributed by atoms with Crippen molar-refractivity contribution in [2.75, 3.05) is 19.6 Å². The van der Waals surface area contributed by atoms with E-state index in [1.807, 2.05) is 0 Å². The molecule has 1 aliphatic rings. The van der Waals surface area contributed by atoms with Crippen molar-refractivity contribution in [2.24, 2.45) is 5.92 Å². The van der Waals surface area contributed by atoms with Crippen molar-refractivity contribution in [2.45, 2.75) is 71.6 Å². The third-order valence-electron chi connectivity index (χ3n) is 5.68. The molecule has 0 atom stereocenters. The lowest BCUT2D eigenvalue weighted by molar-refractivity contribution is -0.128. The number of Topliss-reactive ketones (excluding diaryl/α,β-unsaturated/α-hetero) is 1. The average Bonchev–Trinajstić information content (AvgIpc) is 2.54. The summed E-state index contributed by atoms with van der Waals surface area (Å²) in [6, 6.07) is 8.65. The molecular weight excluding hydrogens is 294 g/mol. The average molecular weight is 330 g/mol. The highest BCUT2D eigenvalue weighted by Crippen LogP contribution is 2.48. The van der Waals surface area contributed by atoms with Crippen molar-refractivity contribution in [3.63, 3.8) is 0 Å². The Bertz CT molecular complexity index is 523. The molecule has 0 amide bonds. The van der Waals surface area contributed by atoms with E-state index >= 15 is 0 Å². The number of hydrogen-bond acceptors (Lipinski definition) is 2. The number of carbonyl (C=O) groups is 1. The van der Waals surface area contributed by atoms with E-state index in [9.17, 15) is 4.79 Å². The summed E-state index contributed by atoms with van der Waals surface area (Å²) in [7, 11) is 0. The van der Waals surface area contributed by atoms with E-state index in [2.05, 4.69) is 56.9 Å². The summed E-state index contributed by atoms with van der Waals surface area (Å²) in [6.07, 6.45) is 6.83. The van der Waals surface area contributed by atoms with Crippen molar-refractivity contribution >= 4 is 5.78 Å². The van der Waals surface area contributed by atoms with Crippen LogP contribution in [0.2, 0.25) is 0 Å². The van der Waals surface area contributed by atoms with Crippen molar-refractivity contribution in [1.82, 2.24) is 4.90 Å². The zero-order valence-corrected chi connectivity index (χ0v) is 16.1. The summed E-state index contributed by atoms with van der Waals surface area (Å²) >= 11 is 0. The van der Waals surface area contributed by atoms with Crippen LogP contribution in [0.25, 0.3) is 0 Å². The van der Waals surface area contributed by atoms with Crippen LogP contribution in [0, 0.1) is 12.8 Å². The topological polar surface area (TPSA) is 20.3 Å². The van der Waals surface area contributed by atoms with Gasteiger partial charge in [-0.15, -0.1) is 0 Å². The molecule has 1 fully saturated rings. The van der Waals surface area contributed by atoms with Gasteiger partial charge >= 0.3 is 0 Å². The molecule has 134 valence electrons. The molecule has 1 saturated carbocycles. The Labute approximate surface area is 148 Å². The van der Waals surface area contributed by atoms with Gasteiger partial charge in [-0.3, -0.25) is 9.69 Å². The summed E-state index contributed by atoms with van der Waals surface area (Å²) in [6.45, 7) is 11.8. The molecule has 2 rings (SSSR count). The standard InChI is InChI=1S/C22H35NO/c1-5-7-13-23(14-8-6-2)17-21(24)19-15-22(4,16-19)20-12-10-9-11-18(20)3/h9-12,19H,5-8,13-17H2,1-4H3. The Morgan fingerprint density at radius 2 is 1.71 bits per heavy atom. The second-order valence-corrected chi connectivity index (χ2v) is 7.93. The van der Waals surface area contributed by atoms with Crippen LogP contribution in [-0.2, 0) is 10.2 Å². The van der Waals surface area contributed by atoms with Crippen LogP contribution in [-0.4, -0.2) is 30.3 Å². The fourth-order valence-corrected chi connectivity index (χ4v) is 4.11. The van der Waals surface area contributed by atoms with Gasteiger partial charge in [-0.25, -0.2) is 0 Å². The van der Waals surface area contributed by atoms with Crippen LogP contribution >= 0.6 is 0 Å². The minimum absolute atomic E-state index is 0.198. The lowest BCUT2D eigenvalue weighted by Crippen LogP contribution is -2.46. The third kappa shape index (κ3) is 4.69. The number of hydrogen-bond donors (Lipinski definition) is 0. The smallest absolute Gasteiger partial charge is 0.149 e. The predicted molar refractivity (Wildman–Crippen MR) is 103 cm³/mol. The van der Waals surface area contributed by atoms with Crippen LogP contribution in [0.3, 0.4) is 0 Å². The molecule has 0 saturated heterocycles. The van der Waals surface area contributed by atoms with Crippen LogP contribution in [0.1, 0.15) is 70.4 Å². The van der Waals surface area contributed by atoms with Gasteiger partial charge in [0.25, 0.3) is 0 Å². The van der Waals surface area contributed by atoms with E-state index in [-0.39, 0.29) is 11.3 Å². The fraction of sp³-hybridized carbons (Fsp3) is 0.682. The molecular formula is C22H35NO. The summed E-state index contributed by atoms with van der Waals surface area (Å²) in [5, 5.41) is 0. The molecule has 24 heavy (non-hydrogen) atoms. The Morgan fingerprint density at radius 1 is 1.12 bits per heavy atom. The first kappa shape index (κ1) is 19.2. The van der Waals surface area contributed by atoms with Crippen LogP contribution in [0.15, 0.2) is 24.3 Å². The summed E-state index contributed by atoms with van der Waals surface area (Å²) in [5.74, 6) is 0.730. The zero-order chi connectivity index (χ0) is 17.6. The number of carbonyl (C=O) groups excluding carboxylic acids is 1. The number of unbranched alkanes of at least 4 members (excludes halogenated alkanes) is 2. The van der Waals surface area contributed by atoms with Gasteiger partial charge in [0, 0.05) is 5.92 Å². The van der Waals surface area contributed by atoms with Gasteiger partial charge in [-0.05, 0) is 62.2 Å². The van der Waals surface area contributed by atoms with Gasteiger partial charge in [0.15, 0.2) is 0 Å². The van der Waals surface area contributed by atoms with Gasteiger partial charge < -0.3 is 0 Å². The Morgan fingerprint density at radius 3 is 2.25 bits per heavy atom. The molecule has 0 aliphatic heterocycles. The van der Waals surface area contributed by atoms with Gasteiger partial charge in [-0.2, -0.15) is 0 Å². The van der Waals surface area contributed by atoms with Crippen molar-refractivity contribution in [3.05, 3.63) is 35.4 Å². The Hall–Kier alpha value is -1.15. The van der Waals surface area contributed by atoms with Crippen LogP contribution < -0.4 is 0 Å². The lowest BCUT2D eigenvalue weighted by Gasteiger charge is -2.46. The third-order valence-corrected chi connectivity index (χ3v) is 5.68. The maximum absolute atomic E-state index is 12.7. The molecule has 0 heterocycles. The number of benzene rings is 1. The normalized spacial score (nSPS) is 23.3. The molecule has 0 unspecified atom stereocenters. The second-order valence-electron chi connectivity index (χ2n) is 7.93. The molecule has 1 aliphatic carbocycles. The first-order valence-electron chi connectivity index (χ1n) is 9.81. The molecule has 2 nitrogen and oxygen atoms in total. The first-order valence-corrected chi connectivity index (χ1v) is 9.81. The van der Waals surface area contributed by atoms with E-state index in [1.165, 1.54) is 36.8 Å². The number of aryl methyl sites for hydroxylation is 1. The SMILES string of the molecule is CCCCN(CCCC)CC(=O)C1CC(C)(c2ccccc2C)C1. The summed E-state index contributed by atoms with van der Waals surface area (Å²) in [4.78, 5) is 15.1. The number of nitrogens with zero attached hydrogens (tertiary/aromatic N) is 1. The highest BCUT2D eigenvalue weighted by atomic mass is 16.1. The highest BCUT2D eigenvalue weighted by Gasteiger charge is 2.45. The van der Waals surface area contributed by atoms with Crippen LogP contribution in [0.5, 0.6) is 0 Å². The van der Waals surface area contributed by atoms with Gasteiger partial charge in [0.1, 0.15) is 5.78 Å². The maximum Gasteiger partial charge on any atom is 0.149 e. The highest BCUT2D eigenvalue weighted by molar-refractivity contribution is 5.84. The van der Waals surface area contributed by atoms with Crippen LogP contribution in [0.4, 0.5) is 0 Å². The molecule has 1 aromatic carbocycles. The van der Waals surface area contributed by atoms with E-state index in [4.69, 9.17) is 0 Å². The second kappa shape index (κ2) is 8.80. The van der Waals surface area contributed by atoms with Gasteiger partial charge in [0.2, 0.25) is 0 Å². The Balaban J connectivity index is 1.89. The predicted octanol–water partition coefficient (Wildman–Crippen LogP) is 5.13. The van der Waals surface area contributed by atoms with Crippen molar-refractivity contribution < 1.29 is 4.79 Å². The van der Waals surface area contributed by atoms with Crippen molar-refractivity contribution in [1.29, 1.82) is 0 Å². The van der Waals surface area contributed by atoms with Gasteiger partial charge in [0.05, 0.1) is 6.54 Å². The molecule has 0 bridgehead atoms. The zero-order valence-electron chi connectivity index (χ0n) is 16.1. The molecule has 0 radical (unpaired) electrons. The van der Waals surface area contributed by atoms with E-state index < -0.39 is 0 Å². The monoisotopic (exact) mass is 329 g/mol. The lowest BCUT2D eigenvalue weighted by atomic mass is 9.58. The molecule has 1 aromatic rings. The maximum atomic E-state index is 12.7. The largest absolute Gasteiger partial charge is 0.298 e. The Kier molecular flexibility index (Phi) is 7.03. The quantitative estimate of drug-likeness (QED) is 0.593. The van der Waals surface area contributed by atoms with Gasteiger partial charge in [-0.1, -0.05) is 57.9 Å². The summed E-state index contributed by atoms with van der Waals surface area (Å²) in [5.41, 5.74) is 2.99. The van der Waals surface area contributed by atoms with E-state index in [1.54, 1.807) is 0 Å². The fourth-order valence-electron chi connectivity index (χ4n) is 4.11. The molecule has 0 aromatic heterocycles.